The fourth-order valence-corrected chi connectivity index (χ4v) is 5.90. The number of allylic oxidation sites excluding steroid dienone is 2. The average Bonchev–Trinajstić information content (AvgIpc) is 2.73. The smallest absolute Gasteiger partial charge is 0.207 e. The first-order valence-corrected chi connectivity index (χ1v) is 11.1. The number of alkyl halides is 3. The van der Waals surface area contributed by atoms with Crippen molar-refractivity contribution in [3.05, 3.63) is 82.4 Å². The van der Waals surface area contributed by atoms with Crippen molar-refractivity contribution >= 4 is 0 Å². The molecule has 0 N–H and O–H groups in total. The van der Waals surface area contributed by atoms with Crippen LogP contribution in [0.4, 0.5) is 22.0 Å². The summed E-state index contributed by atoms with van der Waals surface area (Å²) in [4.78, 5) is 0. The minimum absolute atomic E-state index is 0.0409. The Morgan fingerprint density at radius 2 is 1.74 bits per heavy atom. The van der Waals surface area contributed by atoms with Crippen LogP contribution in [0.5, 0.6) is 0 Å². The molecule has 0 radical (unpaired) electrons. The molecule has 1 saturated carbocycles. The largest absolute Gasteiger partial charge is 0.416 e. The molecule has 0 spiro atoms. The molecule has 0 unspecified atom stereocenters. The Labute approximate surface area is 180 Å². The van der Waals surface area contributed by atoms with Crippen LogP contribution in [0.25, 0.3) is 0 Å². The molecule has 2 aromatic rings. The van der Waals surface area contributed by atoms with Gasteiger partial charge >= 0.3 is 6.18 Å². The molecule has 4 rings (SSSR count). The van der Waals surface area contributed by atoms with Crippen LogP contribution in [0.1, 0.15) is 73.1 Å². The Morgan fingerprint density at radius 3 is 2.42 bits per heavy atom. The van der Waals surface area contributed by atoms with Crippen molar-refractivity contribution in [2.75, 3.05) is 0 Å². The minimum atomic E-state index is -4.36. The molecule has 4 atom stereocenters. The van der Waals surface area contributed by atoms with Gasteiger partial charge in [0.2, 0.25) is 0 Å². The third kappa shape index (κ3) is 4.42. The fraction of sp³-hybridized carbons (Fsp3) is 0.462. The molecule has 31 heavy (non-hydrogen) atoms. The zero-order valence-corrected chi connectivity index (χ0v) is 17.6. The van der Waals surface area contributed by atoms with Crippen molar-refractivity contribution < 1.29 is 22.0 Å². The van der Waals surface area contributed by atoms with Gasteiger partial charge in [0, 0.05) is 6.07 Å². The van der Waals surface area contributed by atoms with E-state index < -0.39 is 23.4 Å². The van der Waals surface area contributed by atoms with Gasteiger partial charge in [0.1, 0.15) is 11.6 Å². The highest BCUT2D eigenvalue weighted by Gasteiger charge is 2.43. The van der Waals surface area contributed by atoms with Gasteiger partial charge in [-0.2, -0.15) is 13.2 Å². The van der Waals surface area contributed by atoms with Gasteiger partial charge in [-0.15, -0.1) is 0 Å². The van der Waals surface area contributed by atoms with Gasteiger partial charge in [0.15, 0.2) is 0 Å². The predicted octanol–water partition coefficient (Wildman–Crippen LogP) is 8.18. The van der Waals surface area contributed by atoms with Crippen LogP contribution in [-0.2, 0) is 12.6 Å². The van der Waals surface area contributed by atoms with E-state index in [4.69, 9.17) is 0 Å². The highest BCUT2D eigenvalue weighted by molar-refractivity contribution is 5.38. The third-order valence-corrected chi connectivity index (χ3v) is 7.22. The van der Waals surface area contributed by atoms with E-state index in [1.807, 2.05) is 13.0 Å². The van der Waals surface area contributed by atoms with E-state index >= 15 is 0 Å². The Bertz CT molecular complexity index is 942. The lowest BCUT2D eigenvalue weighted by atomic mass is 9.57. The van der Waals surface area contributed by atoms with Crippen molar-refractivity contribution in [2.24, 2.45) is 11.8 Å². The fourth-order valence-electron chi connectivity index (χ4n) is 5.90. The average molecular weight is 434 g/mol. The van der Waals surface area contributed by atoms with Crippen LogP contribution in [0.2, 0.25) is 0 Å². The maximum absolute atomic E-state index is 14.4. The van der Waals surface area contributed by atoms with Crippen LogP contribution in [0.15, 0.2) is 48.6 Å². The first-order chi connectivity index (χ1) is 14.8. The first-order valence-electron chi connectivity index (χ1n) is 11.1. The summed E-state index contributed by atoms with van der Waals surface area (Å²) in [5.74, 6) is -0.387. The van der Waals surface area contributed by atoms with E-state index in [-0.39, 0.29) is 17.8 Å². The number of halogens is 5. The van der Waals surface area contributed by atoms with E-state index in [0.29, 0.717) is 17.9 Å². The Hall–Kier alpha value is -2.17. The molecule has 2 aliphatic rings. The molecule has 2 aliphatic carbocycles. The number of hydrogen-bond donors (Lipinski definition) is 0. The second kappa shape index (κ2) is 8.76. The van der Waals surface area contributed by atoms with E-state index in [0.717, 1.165) is 61.4 Å². The summed E-state index contributed by atoms with van der Waals surface area (Å²) < 4.78 is 67.6. The summed E-state index contributed by atoms with van der Waals surface area (Å²) in [7, 11) is 0. The molecule has 166 valence electrons. The molecule has 0 nitrogen and oxygen atoms in total. The quantitative estimate of drug-likeness (QED) is 0.336. The van der Waals surface area contributed by atoms with E-state index in [9.17, 15) is 22.0 Å². The van der Waals surface area contributed by atoms with E-state index in [1.54, 1.807) is 12.1 Å². The Kier molecular flexibility index (Phi) is 6.23. The molecule has 0 amide bonds. The molecule has 1 fully saturated rings. The van der Waals surface area contributed by atoms with Crippen molar-refractivity contribution in [3.63, 3.8) is 0 Å². The van der Waals surface area contributed by atoms with Gasteiger partial charge in [0.25, 0.3) is 0 Å². The van der Waals surface area contributed by atoms with Gasteiger partial charge in [-0.25, -0.2) is 8.78 Å². The lowest BCUT2D eigenvalue weighted by Crippen LogP contribution is -2.35. The summed E-state index contributed by atoms with van der Waals surface area (Å²) in [5.41, 5.74) is 1.64. The molecule has 5 heteroatoms. The molecule has 0 saturated heterocycles. The first kappa shape index (κ1) is 22.0. The van der Waals surface area contributed by atoms with Crippen LogP contribution in [0, 0.1) is 23.5 Å². The van der Waals surface area contributed by atoms with E-state index in [1.165, 1.54) is 6.07 Å². The van der Waals surface area contributed by atoms with Gasteiger partial charge in [-0.05, 0) is 104 Å². The maximum atomic E-state index is 14.4. The third-order valence-electron chi connectivity index (χ3n) is 7.22. The molecule has 0 aromatic heterocycles. The van der Waals surface area contributed by atoms with Crippen molar-refractivity contribution in [2.45, 2.75) is 63.5 Å². The number of benzene rings is 2. The van der Waals surface area contributed by atoms with Gasteiger partial charge in [0.05, 0.1) is 5.56 Å². The maximum Gasteiger partial charge on any atom is 0.416 e. The number of rotatable bonds is 4. The standard InChI is InChI=1S/C26H27F5/c1-2-3-4-5-16-8-11-20-22(13-12-21-23(20)14-19(27)15-24(21)28)25(16)17-6-9-18(10-7-17)26(29,30)31/h2-3,6-7,9-10,14-16,20,22,25H,4-5,8,11-13H2,1H3/t16-,20-,22+,25-/m1/s1. The molecule has 2 aromatic carbocycles. The highest BCUT2D eigenvalue weighted by atomic mass is 19.4. The number of fused-ring (bicyclic) bond motifs is 3. The van der Waals surface area contributed by atoms with Crippen molar-refractivity contribution in [3.8, 4) is 0 Å². The number of hydrogen-bond acceptors (Lipinski definition) is 0. The molecule has 0 aliphatic heterocycles. The summed E-state index contributed by atoms with van der Waals surface area (Å²) >= 11 is 0. The highest BCUT2D eigenvalue weighted by Crippen LogP contribution is 2.55. The topological polar surface area (TPSA) is 0 Å². The predicted molar refractivity (Wildman–Crippen MR) is 112 cm³/mol. The molecular formula is C26H27F5. The lowest BCUT2D eigenvalue weighted by molar-refractivity contribution is -0.137. The van der Waals surface area contributed by atoms with Crippen molar-refractivity contribution in [1.82, 2.24) is 0 Å². The van der Waals surface area contributed by atoms with Crippen LogP contribution >= 0.6 is 0 Å². The molecule has 0 heterocycles. The van der Waals surface area contributed by atoms with Gasteiger partial charge in [-0.3, -0.25) is 0 Å². The molecule has 0 bridgehead atoms. The second-order valence-electron chi connectivity index (χ2n) is 8.89. The monoisotopic (exact) mass is 434 g/mol. The van der Waals surface area contributed by atoms with Crippen LogP contribution in [0.3, 0.4) is 0 Å². The SMILES string of the molecule is CC=CCC[C@@H]1CC[C@H]2c3cc(F)cc(F)c3CC[C@@H]2[C@H]1c1ccc(C(F)(F)F)cc1. The zero-order valence-electron chi connectivity index (χ0n) is 17.6. The summed E-state index contributed by atoms with van der Waals surface area (Å²) in [6.45, 7) is 1.98. The minimum Gasteiger partial charge on any atom is -0.207 e. The Balaban J connectivity index is 1.70. The van der Waals surface area contributed by atoms with Gasteiger partial charge < -0.3 is 0 Å². The Morgan fingerprint density at radius 1 is 1.00 bits per heavy atom. The lowest BCUT2D eigenvalue weighted by Gasteiger charge is -2.47. The second-order valence-corrected chi connectivity index (χ2v) is 8.89. The normalized spacial score (nSPS) is 26.0. The summed E-state index contributed by atoms with van der Waals surface area (Å²) in [6, 6.07) is 7.98. The summed E-state index contributed by atoms with van der Waals surface area (Å²) in [5, 5.41) is 0. The van der Waals surface area contributed by atoms with Crippen LogP contribution < -0.4 is 0 Å². The zero-order chi connectivity index (χ0) is 22.2. The van der Waals surface area contributed by atoms with E-state index in [2.05, 4.69) is 6.08 Å². The van der Waals surface area contributed by atoms with Crippen LogP contribution in [-0.4, -0.2) is 0 Å². The molecular weight excluding hydrogens is 407 g/mol. The van der Waals surface area contributed by atoms with Gasteiger partial charge in [-0.1, -0.05) is 24.3 Å². The summed E-state index contributed by atoms with van der Waals surface area (Å²) in [6.07, 6.45) is 4.74. The van der Waals surface area contributed by atoms with Crippen molar-refractivity contribution in [1.29, 1.82) is 0 Å².